The number of hydrogen-bond donors (Lipinski definition) is 0. The van der Waals surface area contributed by atoms with Crippen LogP contribution in [0.5, 0.6) is 0 Å². The molecule has 0 aromatic rings. The van der Waals surface area contributed by atoms with Crippen LogP contribution >= 0.6 is 0 Å². The minimum Gasteiger partial charge on any atom is -0.0859 e. The van der Waals surface area contributed by atoms with Gasteiger partial charge in [0, 0.05) is 0 Å². The molecule has 0 atom stereocenters. The maximum atomic E-state index is 2.32. The van der Waals surface area contributed by atoms with Gasteiger partial charge in [0.05, 0.1) is 0 Å². The molecule has 0 aliphatic heterocycles. The van der Waals surface area contributed by atoms with Crippen molar-refractivity contribution in [2.45, 2.75) is 46.5 Å². The Morgan fingerprint density at radius 3 is 2.44 bits per heavy atom. The summed E-state index contributed by atoms with van der Waals surface area (Å²) in [6.45, 7) is 6.65. The van der Waals surface area contributed by atoms with Gasteiger partial charge in [-0.15, -0.1) is 0 Å². The van der Waals surface area contributed by atoms with E-state index in [1.165, 1.54) is 25.7 Å². The number of rotatable bonds is 4. The van der Waals surface area contributed by atoms with Crippen LogP contribution in [0.15, 0.2) is 11.6 Å². The molecule has 0 bridgehead atoms. The summed E-state index contributed by atoms with van der Waals surface area (Å²) >= 11 is 0. The summed E-state index contributed by atoms with van der Waals surface area (Å²) in [7, 11) is 0. The molecule has 0 spiro atoms. The van der Waals surface area contributed by atoms with Crippen molar-refractivity contribution in [3.05, 3.63) is 11.6 Å². The van der Waals surface area contributed by atoms with Gasteiger partial charge in [0.15, 0.2) is 0 Å². The van der Waals surface area contributed by atoms with Gasteiger partial charge >= 0.3 is 0 Å². The highest BCUT2D eigenvalue weighted by Crippen LogP contribution is 2.05. The molecule has 0 rings (SSSR count). The highest BCUT2D eigenvalue weighted by atomic mass is 13.9. The van der Waals surface area contributed by atoms with E-state index in [1.54, 1.807) is 5.57 Å². The first-order valence-electron chi connectivity index (χ1n) is 3.96. The summed E-state index contributed by atoms with van der Waals surface area (Å²) in [5, 5.41) is 0. The van der Waals surface area contributed by atoms with E-state index in [1.807, 2.05) is 0 Å². The van der Waals surface area contributed by atoms with Gasteiger partial charge < -0.3 is 0 Å². The molecule has 0 fully saturated rings. The van der Waals surface area contributed by atoms with E-state index in [0.29, 0.717) is 0 Å². The molecule has 9 heavy (non-hydrogen) atoms. The number of unbranched alkanes of at least 4 members (excludes halogenated alkanes) is 1. The molecule has 0 amide bonds. The van der Waals surface area contributed by atoms with Crippen molar-refractivity contribution in [2.24, 2.45) is 0 Å². The lowest BCUT2D eigenvalue weighted by Gasteiger charge is -1.96. The van der Waals surface area contributed by atoms with Crippen LogP contribution in [0.25, 0.3) is 0 Å². The van der Waals surface area contributed by atoms with Gasteiger partial charge in [-0.05, 0) is 26.2 Å². The van der Waals surface area contributed by atoms with Crippen LogP contribution in [0.2, 0.25) is 0 Å². The largest absolute Gasteiger partial charge is 0.0859 e. The van der Waals surface area contributed by atoms with Gasteiger partial charge in [0.2, 0.25) is 0 Å². The average Bonchev–Trinajstić information content (AvgIpc) is 1.85. The fourth-order valence-corrected chi connectivity index (χ4v) is 0.906. The Kier molecular flexibility index (Phi) is 5.70. The highest BCUT2D eigenvalue weighted by molar-refractivity contribution is 4.96. The SMILES string of the molecule is CC/C=C(\C)CCCC. The van der Waals surface area contributed by atoms with Gasteiger partial charge in [-0.1, -0.05) is 31.9 Å². The molecule has 0 aromatic heterocycles. The normalized spacial score (nSPS) is 12.1. The molecule has 0 saturated heterocycles. The van der Waals surface area contributed by atoms with E-state index in [2.05, 4.69) is 26.8 Å². The Bertz CT molecular complexity index is 80.0. The summed E-state index contributed by atoms with van der Waals surface area (Å²) in [6, 6.07) is 0. The maximum Gasteiger partial charge on any atom is -0.0323 e. The topological polar surface area (TPSA) is 0 Å². The van der Waals surface area contributed by atoms with Crippen LogP contribution in [0.1, 0.15) is 46.5 Å². The molecule has 0 aromatic carbocycles. The zero-order valence-electron chi connectivity index (χ0n) is 6.91. The first kappa shape index (κ1) is 8.74. The lowest BCUT2D eigenvalue weighted by atomic mass is 10.1. The lowest BCUT2D eigenvalue weighted by Crippen LogP contribution is -1.75. The molecular formula is C9H18. The van der Waals surface area contributed by atoms with Crippen molar-refractivity contribution in [3.63, 3.8) is 0 Å². The van der Waals surface area contributed by atoms with Crippen molar-refractivity contribution >= 4 is 0 Å². The molecule has 0 unspecified atom stereocenters. The van der Waals surface area contributed by atoms with E-state index >= 15 is 0 Å². The minimum atomic E-state index is 1.19. The van der Waals surface area contributed by atoms with Crippen LogP contribution in [0.4, 0.5) is 0 Å². The van der Waals surface area contributed by atoms with Crippen LogP contribution in [-0.2, 0) is 0 Å². The van der Waals surface area contributed by atoms with Gasteiger partial charge in [-0.2, -0.15) is 0 Å². The molecule has 0 nitrogen and oxygen atoms in total. The molecule has 0 aliphatic rings. The second-order valence-corrected chi connectivity index (χ2v) is 2.56. The van der Waals surface area contributed by atoms with E-state index in [9.17, 15) is 0 Å². The Hall–Kier alpha value is -0.260. The van der Waals surface area contributed by atoms with Crippen molar-refractivity contribution in [1.29, 1.82) is 0 Å². The average molecular weight is 126 g/mol. The van der Waals surface area contributed by atoms with E-state index in [0.717, 1.165) is 0 Å². The van der Waals surface area contributed by atoms with Crippen molar-refractivity contribution < 1.29 is 0 Å². The van der Waals surface area contributed by atoms with Gasteiger partial charge in [0.25, 0.3) is 0 Å². The summed E-state index contributed by atoms with van der Waals surface area (Å²) in [4.78, 5) is 0. The first-order chi connectivity index (χ1) is 4.31. The molecule has 0 heteroatoms. The number of hydrogen-bond acceptors (Lipinski definition) is 0. The monoisotopic (exact) mass is 126 g/mol. The quantitative estimate of drug-likeness (QED) is 0.505. The van der Waals surface area contributed by atoms with E-state index in [-0.39, 0.29) is 0 Å². The van der Waals surface area contributed by atoms with Crippen LogP contribution in [0.3, 0.4) is 0 Å². The van der Waals surface area contributed by atoms with Gasteiger partial charge in [-0.25, -0.2) is 0 Å². The molecule has 0 radical (unpaired) electrons. The van der Waals surface area contributed by atoms with E-state index < -0.39 is 0 Å². The first-order valence-corrected chi connectivity index (χ1v) is 3.96. The maximum absolute atomic E-state index is 2.32. The molecular weight excluding hydrogens is 108 g/mol. The van der Waals surface area contributed by atoms with Crippen molar-refractivity contribution in [1.82, 2.24) is 0 Å². The molecule has 0 saturated carbocycles. The third-order valence-electron chi connectivity index (χ3n) is 1.48. The Morgan fingerprint density at radius 1 is 1.33 bits per heavy atom. The zero-order valence-corrected chi connectivity index (χ0v) is 6.91. The fourth-order valence-electron chi connectivity index (χ4n) is 0.906. The molecule has 0 heterocycles. The third-order valence-corrected chi connectivity index (χ3v) is 1.48. The summed E-state index contributed by atoms with van der Waals surface area (Å²) in [5.74, 6) is 0. The smallest absolute Gasteiger partial charge is 0.0323 e. The Labute approximate surface area is 59.0 Å². The zero-order chi connectivity index (χ0) is 7.11. The van der Waals surface area contributed by atoms with E-state index in [4.69, 9.17) is 0 Å². The second-order valence-electron chi connectivity index (χ2n) is 2.56. The van der Waals surface area contributed by atoms with Crippen molar-refractivity contribution in [3.8, 4) is 0 Å². The summed E-state index contributed by atoms with van der Waals surface area (Å²) in [5.41, 5.74) is 1.55. The van der Waals surface area contributed by atoms with Crippen LogP contribution in [0, 0.1) is 0 Å². The van der Waals surface area contributed by atoms with Gasteiger partial charge in [-0.3, -0.25) is 0 Å². The predicted molar refractivity (Wildman–Crippen MR) is 43.6 cm³/mol. The lowest BCUT2D eigenvalue weighted by molar-refractivity contribution is 0.784. The van der Waals surface area contributed by atoms with Crippen LogP contribution in [-0.4, -0.2) is 0 Å². The fraction of sp³-hybridized carbons (Fsp3) is 0.778. The second kappa shape index (κ2) is 5.87. The van der Waals surface area contributed by atoms with Gasteiger partial charge in [0.1, 0.15) is 0 Å². The molecule has 0 aliphatic carbocycles. The van der Waals surface area contributed by atoms with Crippen LogP contribution < -0.4 is 0 Å². The molecule has 54 valence electrons. The standard InChI is InChI=1S/C9H18/c1-4-6-8-9(3)7-5-2/h7H,4-6,8H2,1-3H3/b9-7+. The highest BCUT2D eigenvalue weighted by Gasteiger charge is 1.85. The predicted octanol–water partition coefficient (Wildman–Crippen LogP) is 3.53. The Morgan fingerprint density at radius 2 is 2.00 bits per heavy atom. The van der Waals surface area contributed by atoms with Crippen molar-refractivity contribution in [2.75, 3.05) is 0 Å². The minimum absolute atomic E-state index is 1.19. The molecule has 0 N–H and O–H groups in total. The summed E-state index contributed by atoms with van der Waals surface area (Å²) in [6.07, 6.45) is 7.47. The Balaban J connectivity index is 3.25. The summed E-state index contributed by atoms with van der Waals surface area (Å²) < 4.78 is 0. The third kappa shape index (κ3) is 5.61. The number of allylic oxidation sites excluding steroid dienone is 2.